The average molecular weight is 338 g/mol. The summed E-state index contributed by atoms with van der Waals surface area (Å²) in [6.45, 7) is 2.19. The summed E-state index contributed by atoms with van der Waals surface area (Å²) >= 11 is 7.26. The first kappa shape index (κ1) is 16.3. The average Bonchev–Trinajstić information content (AvgIpc) is 2.80. The number of rotatable bonds is 4. The smallest absolute Gasteiger partial charge is 0.306 e. The van der Waals surface area contributed by atoms with Crippen LogP contribution in [0.2, 0.25) is 5.02 Å². The zero-order valence-corrected chi connectivity index (χ0v) is 12.5. The van der Waals surface area contributed by atoms with Crippen molar-refractivity contribution in [3.05, 3.63) is 56.5 Å². The van der Waals surface area contributed by atoms with E-state index in [4.69, 9.17) is 11.6 Å². The number of halogens is 5. The molecule has 0 aliphatic rings. The van der Waals surface area contributed by atoms with Gasteiger partial charge in [0.2, 0.25) is 0 Å². The summed E-state index contributed by atoms with van der Waals surface area (Å²) in [7, 11) is 0. The molecule has 0 spiro atoms. The maximum atomic E-state index is 13.5. The summed E-state index contributed by atoms with van der Waals surface area (Å²) in [5.41, 5.74) is -1.02. The number of thiophene rings is 1. The van der Waals surface area contributed by atoms with Crippen molar-refractivity contribution in [2.75, 3.05) is 6.54 Å². The second-order valence-electron chi connectivity index (χ2n) is 4.35. The third-order valence-electron chi connectivity index (χ3n) is 2.95. The van der Waals surface area contributed by atoms with E-state index in [1.54, 1.807) is 18.4 Å². The fourth-order valence-corrected chi connectivity index (χ4v) is 3.35. The normalized spacial score (nSPS) is 13.4. The van der Waals surface area contributed by atoms with Gasteiger partial charge in [0.15, 0.2) is 0 Å². The molecule has 0 aliphatic carbocycles. The lowest BCUT2D eigenvalue weighted by molar-refractivity contribution is -0.138. The summed E-state index contributed by atoms with van der Waals surface area (Å²) in [5.74, 6) is -0.714. The molecule has 1 atom stereocenters. The Morgan fingerprint density at radius 3 is 2.52 bits per heavy atom. The molecular formula is C14H12ClF4NS. The van der Waals surface area contributed by atoms with Gasteiger partial charge in [-0.15, -0.1) is 11.3 Å². The van der Waals surface area contributed by atoms with E-state index in [1.807, 2.05) is 0 Å². The third kappa shape index (κ3) is 3.56. The second kappa shape index (κ2) is 6.34. The van der Waals surface area contributed by atoms with E-state index in [9.17, 15) is 17.6 Å². The van der Waals surface area contributed by atoms with Crippen LogP contribution in [0.1, 0.15) is 29.0 Å². The minimum atomic E-state index is -4.56. The molecule has 1 N–H and O–H groups in total. The summed E-state index contributed by atoms with van der Waals surface area (Å²) < 4.78 is 52.9. The Kier molecular flexibility index (Phi) is 4.91. The van der Waals surface area contributed by atoms with Crippen LogP contribution in [-0.4, -0.2) is 6.54 Å². The molecule has 1 aromatic heterocycles. The van der Waals surface area contributed by atoms with Gasteiger partial charge in [0.05, 0.1) is 16.6 Å². The minimum absolute atomic E-state index is 0.159. The van der Waals surface area contributed by atoms with Gasteiger partial charge in [0.25, 0.3) is 0 Å². The van der Waals surface area contributed by atoms with Gasteiger partial charge < -0.3 is 5.32 Å². The van der Waals surface area contributed by atoms with Crippen molar-refractivity contribution in [1.82, 2.24) is 5.32 Å². The van der Waals surface area contributed by atoms with E-state index in [1.165, 1.54) is 11.3 Å². The Hall–Kier alpha value is -1.11. The zero-order valence-electron chi connectivity index (χ0n) is 11.0. The summed E-state index contributed by atoms with van der Waals surface area (Å²) in [6, 6.07) is 3.29. The molecule has 0 aliphatic heterocycles. The predicted molar refractivity (Wildman–Crippen MR) is 76.3 cm³/mol. The van der Waals surface area contributed by atoms with Gasteiger partial charge in [-0.25, -0.2) is 4.39 Å². The second-order valence-corrected chi connectivity index (χ2v) is 5.71. The molecule has 2 aromatic rings. The molecule has 7 heteroatoms. The summed E-state index contributed by atoms with van der Waals surface area (Å²) in [5, 5.41) is 4.99. The van der Waals surface area contributed by atoms with Gasteiger partial charge in [0, 0.05) is 4.88 Å². The maximum absolute atomic E-state index is 13.5. The van der Waals surface area contributed by atoms with E-state index in [-0.39, 0.29) is 5.56 Å². The molecule has 1 heterocycles. The van der Waals surface area contributed by atoms with Crippen molar-refractivity contribution in [3.8, 4) is 0 Å². The minimum Gasteiger partial charge on any atom is -0.306 e. The number of nitrogens with one attached hydrogen (secondary N) is 1. The Morgan fingerprint density at radius 2 is 2.00 bits per heavy atom. The SMILES string of the molecule is CCNC(c1cc(F)ccc1C(F)(F)F)c1sccc1Cl. The van der Waals surface area contributed by atoms with Crippen LogP contribution in [0.25, 0.3) is 0 Å². The van der Waals surface area contributed by atoms with Gasteiger partial charge in [-0.3, -0.25) is 0 Å². The monoisotopic (exact) mass is 337 g/mol. The van der Waals surface area contributed by atoms with Gasteiger partial charge in [-0.2, -0.15) is 13.2 Å². The van der Waals surface area contributed by atoms with Crippen molar-refractivity contribution in [3.63, 3.8) is 0 Å². The Bertz CT molecular complexity index is 624. The lowest BCUT2D eigenvalue weighted by Gasteiger charge is -2.22. The van der Waals surface area contributed by atoms with E-state index < -0.39 is 23.6 Å². The standard InChI is InChI=1S/C14H12ClF4NS/c1-2-20-12(13-11(15)5-6-21-13)9-7-8(16)3-4-10(9)14(17,18)19/h3-7,12,20H,2H2,1H3. The Labute approximate surface area is 128 Å². The molecule has 1 aromatic carbocycles. The third-order valence-corrected chi connectivity index (χ3v) is 4.37. The van der Waals surface area contributed by atoms with Crippen LogP contribution in [0, 0.1) is 5.82 Å². The molecule has 114 valence electrons. The molecule has 21 heavy (non-hydrogen) atoms. The Balaban J connectivity index is 2.60. The zero-order chi connectivity index (χ0) is 15.6. The van der Waals surface area contributed by atoms with Crippen LogP contribution >= 0.6 is 22.9 Å². The molecule has 2 rings (SSSR count). The predicted octanol–water partition coefficient (Wildman–Crippen LogP) is 5.26. The maximum Gasteiger partial charge on any atom is 0.416 e. The van der Waals surface area contributed by atoms with Crippen molar-refractivity contribution < 1.29 is 17.6 Å². The molecule has 0 radical (unpaired) electrons. The number of benzene rings is 1. The molecule has 1 nitrogen and oxygen atoms in total. The van der Waals surface area contributed by atoms with Crippen LogP contribution in [0.4, 0.5) is 17.6 Å². The highest BCUT2D eigenvalue weighted by Crippen LogP contribution is 2.40. The van der Waals surface area contributed by atoms with Crippen molar-refractivity contribution in [2.24, 2.45) is 0 Å². The van der Waals surface area contributed by atoms with Crippen LogP contribution in [0.3, 0.4) is 0 Å². The highest BCUT2D eigenvalue weighted by Gasteiger charge is 2.36. The van der Waals surface area contributed by atoms with Crippen molar-refractivity contribution in [2.45, 2.75) is 19.1 Å². The fraction of sp³-hybridized carbons (Fsp3) is 0.286. The number of hydrogen-bond acceptors (Lipinski definition) is 2. The first-order chi connectivity index (χ1) is 9.84. The van der Waals surface area contributed by atoms with Crippen LogP contribution in [-0.2, 0) is 6.18 Å². The first-order valence-electron chi connectivity index (χ1n) is 6.17. The first-order valence-corrected chi connectivity index (χ1v) is 7.43. The molecule has 0 saturated heterocycles. The largest absolute Gasteiger partial charge is 0.416 e. The fourth-order valence-electron chi connectivity index (χ4n) is 2.09. The molecule has 1 unspecified atom stereocenters. The van der Waals surface area contributed by atoms with Gasteiger partial charge in [0.1, 0.15) is 5.82 Å². The van der Waals surface area contributed by atoms with Gasteiger partial charge >= 0.3 is 6.18 Å². The van der Waals surface area contributed by atoms with E-state index >= 15 is 0 Å². The van der Waals surface area contributed by atoms with E-state index in [0.717, 1.165) is 18.2 Å². The van der Waals surface area contributed by atoms with Gasteiger partial charge in [-0.1, -0.05) is 18.5 Å². The quantitative estimate of drug-likeness (QED) is 0.750. The van der Waals surface area contributed by atoms with Gasteiger partial charge in [-0.05, 0) is 41.8 Å². The molecule has 0 saturated carbocycles. The Morgan fingerprint density at radius 1 is 1.29 bits per heavy atom. The van der Waals surface area contributed by atoms with Crippen molar-refractivity contribution in [1.29, 1.82) is 0 Å². The van der Waals surface area contributed by atoms with Crippen LogP contribution < -0.4 is 5.32 Å². The molecule has 0 bridgehead atoms. The van der Waals surface area contributed by atoms with E-state index in [2.05, 4.69) is 5.32 Å². The van der Waals surface area contributed by atoms with Crippen LogP contribution in [0.15, 0.2) is 29.6 Å². The number of alkyl halides is 3. The van der Waals surface area contributed by atoms with Crippen LogP contribution in [0.5, 0.6) is 0 Å². The lowest BCUT2D eigenvalue weighted by atomic mass is 9.98. The van der Waals surface area contributed by atoms with E-state index in [0.29, 0.717) is 16.4 Å². The molecule has 0 amide bonds. The lowest BCUT2D eigenvalue weighted by Crippen LogP contribution is -2.24. The molecule has 0 fully saturated rings. The molecular weight excluding hydrogens is 326 g/mol. The highest BCUT2D eigenvalue weighted by molar-refractivity contribution is 7.10. The van der Waals surface area contributed by atoms with Crippen molar-refractivity contribution >= 4 is 22.9 Å². The topological polar surface area (TPSA) is 12.0 Å². The summed E-state index contributed by atoms with van der Waals surface area (Å²) in [6.07, 6.45) is -4.56. The number of hydrogen-bond donors (Lipinski definition) is 1. The highest BCUT2D eigenvalue weighted by atomic mass is 35.5. The summed E-state index contributed by atoms with van der Waals surface area (Å²) in [4.78, 5) is 0.537.